The van der Waals surface area contributed by atoms with Crippen LogP contribution in [0.5, 0.6) is 5.75 Å². The zero-order chi connectivity index (χ0) is 18.5. The number of non-ortho nitro benzene ring substituents is 1. The van der Waals surface area contributed by atoms with Crippen LogP contribution in [0.15, 0.2) is 48.5 Å². The van der Waals surface area contributed by atoms with Gasteiger partial charge in [-0.15, -0.1) is 10.2 Å². The van der Waals surface area contributed by atoms with E-state index in [1.807, 2.05) is 31.2 Å². The number of nitro groups is 1. The number of amides is 1. The molecular weight excluding hydrogens is 356 g/mol. The summed E-state index contributed by atoms with van der Waals surface area (Å²) in [6, 6.07) is 13.0. The third-order valence-electron chi connectivity index (χ3n) is 3.47. The lowest BCUT2D eigenvalue weighted by molar-refractivity contribution is -0.384. The summed E-state index contributed by atoms with van der Waals surface area (Å²) in [5, 5.41) is 22.1. The molecule has 0 spiro atoms. The number of hydrogen-bond acceptors (Lipinski definition) is 7. The molecule has 0 unspecified atom stereocenters. The van der Waals surface area contributed by atoms with E-state index >= 15 is 0 Å². The molecule has 1 amide bonds. The van der Waals surface area contributed by atoms with Crippen molar-refractivity contribution in [2.24, 2.45) is 0 Å². The maximum atomic E-state index is 12.2. The highest BCUT2D eigenvalue weighted by molar-refractivity contribution is 7.15. The van der Waals surface area contributed by atoms with Gasteiger partial charge in [-0.25, -0.2) is 0 Å². The minimum absolute atomic E-state index is 0.0758. The maximum Gasteiger partial charge on any atom is 0.269 e. The van der Waals surface area contributed by atoms with E-state index < -0.39 is 10.8 Å². The fourth-order valence-corrected chi connectivity index (χ4v) is 2.77. The third-order valence-corrected chi connectivity index (χ3v) is 4.28. The molecule has 0 radical (unpaired) electrons. The van der Waals surface area contributed by atoms with E-state index in [9.17, 15) is 14.9 Å². The third kappa shape index (κ3) is 4.19. The number of nitro benzene ring substituents is 1. The fraction of sp³-hybridized carbons (Fsp3) is 0.118. The van der Waals surface area contributed by atoms with Crippen molar-refractivity contribution in [3.8, 4) is 5.75 Å². The Morgan fingerprint density at radius 2 is 1.92 bits per heavy atom. The summed E-state index contributed by atoms with van der Waals surface area (Å²) in [5.41, 5.74) is 1.24. The SMILES string of the molecule is Cc1ccccc1OCc1nnc(NC(=O)c2ccc([N+](=O)[O-])cc2)s1. The Hall–Kier alpha value is -3.33. The first-order chi connectivity index (χ1) is 12.5. The van der Waals surface area contributed by atoms with E-state index in [0.717, 1.165) is 11.3 Å². The summed E-state index contributed by atoms with van der Waals surface area (Å²) in [5.74, 6) is 0.349. The van der Waals surface area contributed by atoms with Gasteiger partial charge in [-0.3, -0.25) is 20.2 Å². The van der Waals surface area contributed by atoms with Crippen molar-refractivity contribution in [3.63, 3.8) is 0 Å². The molecular formula is C17H14N4O4S. The van der Waals surface area contributed by atoms with E-state index in [0.29, 0.717) is 15.7 Å². The van der Waals surface area contributed by atoms with Gasteiger partial charge in [-0.05, 0) is 30.7 Å². The lowest BCUT2D eigenvalue weighted by Crippen LogP contribution is -2.11. The molecule has 0 aliphatic heterocycles. The van der Waals surface area contributed by atoms with Crippen LogP contribution in [0.25, 0.3) is 0 Å². The van der Waals surface area contributed by atoms with Crippen molar-refractivity contribution in [1.82, 2.24) is 10.2 Å². The second kappa shape index (κ2) is 7.70. The summed E-state index contributed by atoms with van der Waals surface area (Å²) >= 11 is 1.20. The van der Waals surface area contributed by atoms with Gasteiger partial charge in [-0.2, -0.15) is 0 Å². The molecule has 132 valence electrons. The van der Waals surface area contributed by atoms with Gasteiger partial charge < -0.3 is 4.74 Å². The van der Waals surface area contributed by atoms with Crippen molar-refractivity contribution >= 4 is 28.1 Å². The molecule has 1 aromatic heterocycles. The highest BCUT2D eigenvalue weighted by atomic mass is 32.1. The van der Waals surface area contributed by atoms with Gasteiger partial charge in [0.15, 0.2) is 5.01 Å². The quantitative estimate of drug-likeness (QED) is 0.525. The molecule has 0 atom stereocenters. The number of rotatable bonds is 6. The van der Waals surface area contributed by atoms with Crippen LogP contribution < -0.4 is 10.1 Å². The molecule has 8 nitrogen and oxygen atoms in total. The monoisotopic (exact) mass is 370 g/mol. The Morgan fingerprint density at radius 1 is 1.19 bits per heavy atom. The lowest BCUT2D eigenvalue weighted by atomic mass is 10.2. The molecule has 0 fully saturated rings. The first-order valence-electron chi connectivity index (χ1n) is 7.59. The molecule has 3 aromatic rings. The van der Waals surface area contributed by atoms with Crippen molar-refractivity contribution < 1.29 is 14.5 Å². The predicted molar refractivity (Wildman–Crippen MR) is 96.5 cm³/mol. The van der Waals surface area contributed by atoms with Crippen molar-refractivity contribution in [3.05, 3.63) is 74.8 Å². The number of para-hydroxylation sites is 1. The molecule has 0 bridgehead atoms. The first-order valence-corrected chi connectivity index (χ1v) is 8.41. The molecule has 1 heterocycles. The molecule has 1 N–H and O–H groups in total. The van der Waals surface area contributed by atoms with Crippen LogP contribution in [0, 0.1) is 17.0 Å². The fourth-order valence-electron chi connectivity index (χ4n) is 2.12. The van der Waals surface area contributed by atoms with Crippen molar-refractivity contribution in [2.45, 2.75) is 13.5 Å². The first kappa shape index (κ1) is 17.5. The van der Waals surface area contributed by atoms with Gasteiger partial charge in [0.2, 0.25) is 5.13 Å². The van der Waals surface area contributed by atoms with Gasteiger partial charge in [0.1, 0.15) is 12.4 Å². The number of ether oxygens (including phenoxy) is 1. The number of carbonyl (C=O) groups excluding carboxylic acids is 1. The highest BCUT2D eigenvalue weighted by Crippen LogP contribution is 2.21. The molecule has 3 rings (SSSR count). The maximum absolute atomic E-state index is 12.2. The Balaban J connectivity index is 1.60. The standard InChI is InChI=1S/C17H14N4O4S/c1-11-4-2-3-5-14(11)25-10-15-19-20-17(26-15)18-16(22)12-6-8-13(9-7-12)21(23)24/h2-9H,10H2,1H3,(H,18,20,22). The summed E-state index contributed by atoms with van der Waals surface area (Å²) in [6.45, 7) is 2.20. The molecule has 0 saturated heterocycles. The topological polar surface area (TPSA) is 107 Å². The second-order valence-corrected chi connectivity index (χ2v) is 6.38. The average Bonchev–Trinajstić information content (AvgIpc) is 3.08. The summed E-state index contributed by atoms with van der Waals surface area (Å²) in [6.07, 6.45) is 0. The number of benzene rings is 2. The summed E-state index contributed by atoms with van der Waals surface area (Å²) in [4.78, 5) is 22.3. The van der Waals surface area contributed by atoms with Crippen molar-refractivity contribution in [2.75, 3.05) is 5.32 Å². The molecule has 2 aromatic carbocycles. The zero-order valence-corrected chi connectivity index (χ0v) is 14.5. The van der Waals surface area contributed by atoms with Crippen LogP contribution in [0.2, 0.25) is 0 Å². The van der Waals surface area contributed by atoms with E-state index in [2.05, 4.69) is 15.5 Å². The van der Waals surface area contributed by atoms with Crippen LogP contribution in [-0.4, -0.2) is 21.0 Å². The minimum atomic E-state index is -0.521. The molecule has 0 aliphatic rings. The van der Waals surface area contributed by atoms with Crippen LogP contribution in [0.4, 0.5) is 10.8 Å². The smallest absolute Gasteiger partial charge is 0.269 e. The largest absolute Gasteiger partial charge is 0.486 e. The number of aryl methyl sites for hydroxylation is 1. The Labute approximate surface area is 152 Å². The van der Waals surface area contributed by atoms with Crippen LogP contribution in [0.3, 0.4) is 0 Å². The Kier molecular flexibility index (Phi) is 5.18. The van der Waals surface area contributed by atoms with Gasteiger partial charge in [0.25, 0.3) is 11.6 Å². The second-order valence-electron chi connectivity index (χ2n) is 5.31. The average molecular weight is 370 g/mol. The highest BCUT2D eigenvalue weighted by Gasteiger charge is 2.12. The molecule has 0 saturated carbocycles. The van der Waals surface area contributed by atoms with Crippen LogP contribution in [0.1, 0.15) is 20.9 Å². The number of nitrogens with one attached hydrogen (secondary N) is 1. The van der Waals surface area contributed by atoms with E-state index in [4.69, 9.17) is 4.74 Å². The van der Waals surface area contributed by atoms with Gasteiger partial charge in [0, 0.05) is 17.7 Å². The number of anilines is 1. The van der Waals surface area contributed by atoms with Gasteiger partial charge >= 0.3 is 0 Å². The minimum Gasteiger partial charge on any atom is -0.486 e. The molecule has 9 heteroatoms. The molecule has 0 aliphatic carbocycles. The summed E-state index contributed by atoms with van der Waals surface area (Å²) < 4.78 is 5.69. The van der Waals surface area contributed by atoms with Crippen molar-refractivity contribution in [1.29, 1.82) is 0 Å². The van der Waals surface area contributed by atoms with E-state index in [1.165, 1.54) is 35.6 Å². The van der Waals surface area contributed by atoms with Crippen LogP contribution >= 0.6 is 11.3 Å². The summed E-state index contributed by atoms with van der Waals surface area (Å²) in [7, 11) is 0. The normalized spacial score (nSPS) is 10.3. The van der Waals surface area contributed by atoms with E-state index in [-0.39, 0.29) is 12.3 Å². The number of carbonyl (C=O) groups is 1. The number of nitrogens with zero attached hydrogens (tertiary/aromatic N) is 3. The van der Waals surface area contributed by atoms with Crippen LogP contribution in [-0.2, 0) is 6.61 Å². The number of hydrogen-bond donors (Lipinski definition) is 1. The van der Waals surface area contributed by atoms with Gasteiger partial charge in [0.05, 0.1) is 4.92 Å². The lowest BCUT2D eigenvalue weighted by Gasteiger charge is -2.06. The Bertz CT molecular complexity index is 940. The van der Waals surface area contributed by atoms with Gasteiger partial charge in [-0.1, -0.05) is 29.5 Å². The Morgan fingerprint density at radius 3 is 2.62 bits per heavy atom. The predicted octanol–water partition coefficient (Wildman–Crippen LogP) is 3.59. The number of aromatic nitrogens is 2. The van der Waals surface area contributed by atoms with E-state index in [1.54, 1.807) is 0 Å². The molecule has 26 heavy (non-hydrogen) atoms. The zero-order valence-electron chi connectivity index (χ0n) is 13.7.